The monoisotopic (exact) mass is 433 g/mol. The van der Waals surface area contributed by atoms with Gasteiger partial charge in [0, 0.05) is 38.6 Å². The lowest BCUT2D eigenvalue weighted by Crippen LogP contribution is -2.57. The van der Waals surface area contributed by atoms with Gasteiger partial charge in [0.1, 0.15) is 0 Å². The van der Waals surface area contributed by atoms with Gasteiger partial charge in [0.15, 0.2) is 0 Å². The number of pyridine rings is 1. The van der Waals surface area contributed by atoms with Crippen molar-refractivity contribution in [3.63, 3.8) is 0 Å². The number of rotatable bonds is 5. The van der Waals surface area contributed by atoms with E-state index in [2.05, 4.69) is 101 Å². The van der Waals surface area contributed by atoms with Crippen LogP contribution in [0.1, 0.15) is 27.0 Å². The Balaban J connectivity index is 1.56. The molecule has 1 aliphatic rings. The number of hydrogen-bond acceptors (Lipinski definition) is 3. The molecular formula is C29H27N3O. The lowest BCUT2D eigenvalue weighted by molar-refractivity contribution is 0.0496. The summed E-state index contributed by atoms with van der Waals surface area (Å²) in [6.45, 7) is 2.87. The van der Waals surface area contributed by atoms with E-state index in [1.54, 1.807) is 12.4 Å². The number of aromatic nitrogens is 1. The largest absolute Gasteiger partial charge is 0.336 e. The van der Waals surface area contributed by atoms with Crippen LogP contribution in [0.2, 0.25) is 0 Å². The predicted octanol–water partition coefficient (Wildman–Crippen LogP) is 4.83. The standard InChI is InChI=1S/C29H27N3O/c33-28(24-11-10-18-30-23-24)31-19-21-32(22-20-31)29(25-12-4-1-5-13-25,26-14-6-2-7-15-26)27-16-8-3-9-17-27/h1-18,23H,19-22H2. The maximum absolute atomic E-state index is 13.0. The second-order valence-electron chi connectivity index (χ2n) is 8.33. The summed E-state index contributed by atoms with van der Waals surface area (Å²) in [4.78, 5) is 21.6. The van der Waals surface area contributed by atoms with Crippen molar-refractivity contribution in [3.8, 4) is 0 Å². The number of benzene rings is 3. The Kier molecular flexibility index (Phi) is 6.01. The first-order valence-electron chi connectivity index (χ1n) is 11.4. The first-order valence-corrected chi connectivity index (χ1v) is 11.4. The number of carbonyl (C=O) groups excluding carboxylic acids is 1. The Morgan fingerprint density at radius 1 is 0.636 bits per heavy atom. The molecule has 0 radical (unpaired) electrons. The van der Waals surface area contributed by atoms with Gasteiger partial charge in [-0.1, -0.05) is 91.0 Å². The topological polar surface area (TPSA) is 36.4 Å². The summed E-state index contributed by atoms with van der Waals surface area (Å²) in [6.07, 6.45) is 3.35. The zero-order valence-corrected chi connectivity index (χ0v) is 18.5. The molecule has 1 amide bonds. The van der Waals surface area contributed by atoms with Crippen LogP contribution in [0.3, 0.4) is 0 Å². The van der Waals surface area contributed by atoms with Crippen LogP contribution in [0.15, 0.2) is 116 Å². The van der Waals surface area contributed by atoms with Crippen molar-refractivity contribution in [2.24, 2.45) is 0 Å². The molecular weight excluding hydrogens is 406 g/mol. The molecule has 0 bridgehead atoms. The lowest BCUT2D eigenvalue weighted by Gasteiger charge is -2.49. The quantitative estimate of drug-likeness (QED) is 0.423. The van der Waals surface area contributed by atoms with Crippen molar-refractivity contribution in [2.45, 2.75) is 5.54 Å². The molecule has 0 atom stereocenters. The average molecular weight is 434 g/mol. The van der Waals surface area contributed by atoms with Gasteiger partial charge in [0.25, 0.3) is 5.91 Å². The zero-order chi connectivity index (χ0) is 22.5. The number of amides is 1. The van der Waals surface area contributed by atoms with E-state index in [0.717, 1.165) is 13.1 Å². The van der Waals surface area contributed by atoms with E-state index in [0.29, 0.717) is 18.7 Å². The molecule has 5 rings (SSSR count). The molecule has 4 nitrogen and oxygen atoms in total. The second kappa shape index (κ2) is 9.39. The maximum atomic E-state index is 13.0. The van der Waals surface area contributed by atoms with Crippen LogP contribution in [0.25, 0.3) is 0 Å². The fraction of sp³-hybridized carbons (Fsp3) is 0.172. The number of carbonyl (C=O) groups is 1. The van der Waals surface area contributed by atoms with Gasteiger partial charge in [0.05, 0.1) is 11.1 Å². The van der Waals surface area contributed by atoms with Gasteiger partial charge in [-0.25, -0.2) is 0 Å². The van der Waals surface area contributed by atoms with Crippen LogP contribution < -0.4 is 0 Å². The molecule has 0 N–H and O–H groups in total. The molecule has 0 spiro atoms. The van der Waals surface area contributed by atoms with Crippen molar-refractivity contribution in [3.05, 3.63) is 138 Å². The molecule has 164 valence electrons. The molecule has 2 heterocycles. The predicted molar refractivity (Wildman–Crippen MR) is 131 cm³/mol. The Hall–Kier alpha value is -3.76. The summed E-state index contributed by atoms with van der Waals surface area (Å²) >= 11 is 0. The highest BCUT2D eigenvalue weighted by Gasteiger charge is 2.43. The van der Waals surface area contributed by atoms with Crippen molar-refractivity contribution < 1.29 is 4.79 Å². The highest BCUT2D eigenvalue weighted by atomic mass is 16.2. The second-order valence-corrected chi connectivity index (χ2v) is 8.33. The van der Waals surface area contributed by atoms with Gasteiger partial charge < -0.3 is 4.90 Å². The normalized spacial score (nSPS) is 14.7. The highest BCUT2D eigenvalue weighted by molar-refractivity contribution is 5.93. The maximum Gasteiger partial charge on any atom is 0.255 e. The van der Waals surface area contributed by atoms with Crippen LogP contribution in [-0.2, 0) is 5.54 Å². The van der Waals surface area contributed by atoms with Gasteiger partial charge in [-0.2, -0.15) is 0 Å². The lowest BCUT2D eigenvalue weighted by atomic mass is 9.75. The zero-order valence-electron chi connectivity index (χ0n) is 18.5. The van der Waals surface area contributed by atoms with Gasteiger partial charge in [0.2, 0.25) is 0 Å². The molecule has 3 aromatic carbocycles. The van der Waals surface area contributed by atoms with Gasteiger partial charge >= 0.3 is 0 Å². The SMILES string of the molecule is O=C(c1cccnc1)N1CCN(C(c2ccccc2)(c2ccccc2)c2ccccc2)CC1. The van der Waals surface area contributed by atoms with E-state index in [-0.39, 0.29) is 5.91 Å². The molecule has 1 aliphatic heterocycles. The molecule has 33 heavy (non-hydrogen) atoms. The molecule has 1 saturated heterocycles. The molecule has 0 aliphatic carbocycles. The number of hydrogen-bond donors (Lipinski definition) is 0. The molecule has 0 saturated carbocycles. The smallest absolute Gasteiger partial charge is 0.255 e. The highest BCUT2D eigenvalue weighted by Crippen LogP contribution is 2.42. The summed E-state index contributed by atoms with van der Waals surface area (Å²) < 4.78 is 0. The number of nitrogens with zero attached hydrogens (tertiary/aromatic N) is 3. The minimum atomic E-state index is -0.437. The Bertz CT molecular complexity index is 1080. The van der Waals surface area contributed by atoms with Crippen LogP contribution >= 0.6 is 0 Å². The number of piperazine rings is 1. The Labute approximate surface area is 195 Å². The first-order chi connectivity index (χ1) is 16.3. The van der Waals surface area contributed by atoms with Gasteiger partial charge in [-0.3, -0.25) is 14.7 Å². The van der Waals surface area contributed by atoms with Crippen molar-refractivity contribution in [1.82, 2.24) is 14.8 Å². The third kappa shape index (κ3) is 3.94. The van der Waals surface area contributed by atoms with Crippen LogP contribution in [0.4, 0.5) is 0 Å². The van der Waals surface area contributed by atoms with E-state index in [1.807, 2.05) is 17.0 Å². The summed E-state index contributed by atoms with van der Waals surface area (Å²) in [5, 5.41) is 0. The van der Waals surface area contributed by atoms with Crippen molar-refractivity contribution in [1.29, 1.82) is 0 Å². The summed E-state index contributed by atoms with van der Waals surface area (Å²) in [6, 6.07) is 35.8. The third-order valence-corrected chi connectivity index (χ3v) is 6.52. The van der Waals surface area contributed by atoms with Gasteiger partial charge in [-0.15, -0.1) is 0 Å². The minimum absolute atomic E-state index is 0.0486. The fourth-order valence-corrected chi connectivity index (χ4v) is 5.00. The minimum Gasteiger partial charge on any atom is -0.336 e. The van der Waals surface area contributed by atoms with Gasteiger partial charge in [-0.05, 0) is 28.8 Å². The van der Waals surface area contributed by atoms with Crippen LogP contribution in [0.5, 0.6) is 0 Å². The molecule has 0 unspecified atom stereocenters. The van der Waals surface area contributed by atoms with E-state index < -0.39 is 5.54 Å². The Morgan fingerprint density at radius 2 is 1.12 bits per heavy atom. The first kappa shape index (κ1) is 21.1. The van der Waals surface area contributed by atoms with Crippen LogP contribution in [0, 0.1) is 0 Å². The van der Waals surface area contributed by atoms with Crippen LogP contribution in [-0.4, -0.2) is 46.9 Å². The molecule has 1 fully saturated rings. The van der Waals surface area contributed by atoms with E-state index >= 15 is 0 Å². The fourth-order valence-electron chi connectivity index (χ4n) is 5.00. The molecule has 1 aromatic heterocycles. The summed E-state index contributed by atoms with van der Waals surface area (Å²) in [5.41, 5.74) is 3.90. The Morgan fingerprint density at radius 3 is 1.55 bits per heavy atom. The summed E-state index contributed by atoms with van der Waals surface area (Å²) in [5.74, 6) is 0.0486. The summed E-state index contributed by atoms with van der Waals surface area (Å²) in [7, 11) is 0. The van der Waals surface area contributed by atoms with Crippen molar-refractivity contribution in [2.75, 3.05) is 26.2 Å². The average Bonchev–Trinajstić information content (AvgIpc) is 2.91. The molecule has 4 aromatic rings. The van der Waals surface area contributed by atoms with E-state index in [9.17, 15) is 4.79 Å². The third-order valence-electron chi connectivity index (χ3n) is 6.52. The van der Waals surface area contributed by atoms with E-state index in [4.69, 9.17) is 0 Å². The van der Waals surface area contributed by atoms with Crippen molar-refractivity contribution >= 4 is 5.91 Å². The van der Waals surface area contributed by atoms with E-state index in [1.165, 1.54) is 16.7 Å². The molecule has 4 heteroatoms.